The van der Waals surface area contributed by atoms with Gasteiger partial charge in [0, 0.05) is 43.4 Å². The molecule has 1 fully saturated rings. The van der Waals surface area contributed by atoms with Gasteiger partial charge in [-0.15, -0.1) is 11.3 Å². The predicted octanol–water partition coefficient (Wildman–Crippen LogP) is 3.24. The van der Waals surface area contributed by atoms with Gasteiger partial charge in [0.2, 0.25) is 5.95 Å². The van der Waals surface area contributed by atoms with Crippen LogP contribution in [0.1, 0.15) is 29.6 Å². The Bertz CT molecular complexity index is 962. The Morgan fingerprint density at radius 1 is 1.04 bits per heavy atom. The minimum atomic E-state index is 0.775. The van der Waals surface area contributed by atoms with Gasteiger partial charge in [-0.3, -0.25) is 0 Å². The fourth-order valence-electron chi connectivity index (χ4n) is 4.23. The molecule has 3 aromatic rings. The number of hydrogen-bond donors (Lipinski definition) is 0. The Morgan fingerprint density at radius 3 is 2.56 bits per heavy atom. The molecule has 1 aliphatic heterocycles. The van der Waals surface area contributed by atoms with Gasteiger partial charge in [0.15, 0.2) is 0 Å². The molecule has 27 heavy (non-hydrogen) atoms. The first-order chi connectivity index (χ1) is 13.2. The molecule has 0 saturated carbocycles. The van der Waals surface area contributed by atoms with Gasteiger partial charge in [0.25, 0.3) is 0 Å². The topological polar surface area (TPSA) is 58.0 Å². The molecule has 2 aliphatic rings. The van der Waals surface area contributed by atoms with Gasteiger partial charge in [0.1, 0.15) is 16.5 Å². The van der Waals surface area contributed by atoms with Crippen LogP contribution in [0.2, 0.25) is 0 Å². The van der Waals surface area contributed by atoms with Crippen LogP contribution in [0, 0.1) is 12.8 Å². The maximum atomic E-state index is 4.89. The van der Waals surface area contributed by atoms with Gasteiger partial charge in [-0.25, -0.2) is 19.9 Å². The van der Waals surface area contributed by atoms with Gasteiger partial charge < -0.3 is 9.80 Å². The highest BCUT2D eigenvalue weighted by Gasteiger charge is 2.27. The third-order valence-electron chi connectivity index (χ3n) is 5.66. The van der Waals surface area contributed by atoms with E-state index in [9.17, 15) is 0 Å². The van der Waals surface area contributed by atoms with E-state index in [1.807, 2.05) is 36.7 Å². The van der Waals surface area contributed by atoms with Crippen molar-refractivity contribution in [1.82, 2.24) is 19.9 Å². The van der Waals surface area contributed by atoms with E-state index >= 15 is 0 Å². The van der Waals surface area contributed by atoms with E-state index < -0.39 is 0 Å². The van der Waals surface area contributed by atoms with E-state index in [1.165, 1.54) is 33.5 Å². The summed E-state index contributed by atoms with van der Waals surface area (Å²) in [6.07, 6.45) is 7.24. The summed E-state index contributed by atoms with van der Waals surface area (Å²) in [4.78, 5) is 25.8. The van der Waals surface area contributed by atoms with Crippen molar-refractivity contribution in [2.24, 2.45) is 5.92 Å². The molecule has 1 saturated heterocycles. The van der Waals surface area contributed by atoms with Gasteiger partial charge in [-0.05, 0) is 43.7 Å². The quantitative estimate of drug-likeness (QED) is 0.680. The lowest BCUT2D eigenvalue weighted by Gasteiger charge is -2.35. The van der Waals surface area contributed by atoms with Crippen LogP contribution in [0.25, 0.3) is 10.2 Å². The monoisotopic (exact) mass is 380 g/mol. The molecule has 0 aromatic carbocycles. The number of aromatic nitrogens is 4. The van der Waals surface area contributed by atoms with Gasteiger partial charge >= 0.3 is 0 Å². The summed E-state index contributed by atoms with van der Waals surface area (Å²) in [6, 6.07) is 1.86. The molecule has 140 valence electrons. The van der Waals surface area contributed by atoms with Crippen LogP contribution >= 0.6 is 11.3 Å². The Kier molecular flexibility index (Phi) is 4.19. The summed E-state index contributed by atoms with van der Waals surface area (Å²) in [5.74, 6) is 3.61. The van der Waals surface area contributed by atoms with Gasteiger partial charge in [-0.2, -0.15) is 0 Å². The lowest BCUT2D eigenvalue weighted by molar-refractivity contribution is 0.509. The second kappa shape index (κ2) is 6.71. The largest absolute Gasteiger partial charge is 0.352 e. The van der Waals surface area contributed by atoms with Crippen LogP contribution in [0.15, 0.2) is 18.5 Å². The van der Waals surface area contributed by atoms with Gasteiger partial charge in [0.05, 0.1) is 5.39 Å². The summed E-state index contributed by atoms with van der Waals surface area (Å²) in [5.41, 5.74) is 1.51. The molecule has 0 amide bonds. The highest BCUT2D eigenvalue weighted by molar-refractivity contribution is 7.19. The first kappa shape index (κ1) is 16.9. The summed E-state index contributed by atoms with van der Waals surface area (Å²) in [6.45, 7) is 8.07. The Labute approximate surface area is 163 Å². The molecule has 3 aromatic heterocycles. The number of aryl methyl sites for hydroxylation is 2. The maximum Gasteiger partial charge on any atom is 0.225 e. The van der Waals surface area contributed by atoms with Crippen molar-refractivity contribution in [2.45, 2.75) is 33.1 Å². The molecular weight excluding hydrogens is 356 g/mol. The zero-order chi connectivity index (χ0) is 18.4. The predicted molar refractivity (Wildman–Crippen MR) is 110 cm³/mol. The average Bonchev–Trinajstić information content (AvgIpc) is 3.05. The Hall–Kier alpha value is -2.28. The van der Waals surface area contributed by atoms with Gasteiger partial charge in [-0.1, -0.05) is 6.92 Å². The zero-order valence-corrected chi connectivity index (χ0v) is 16.7. The fourth-order valence-corrected chi connectivity index (χ4v) is 5.65. The molecule has 4 heterocycles. The highest BCUT2D eigenvalue weighted by atomic mass is 32.1. The van der Waals surface area contributed by atoms with E-state index in [2.05, 4.69) is 26.7 Å². The number of rotatable bonds is 2. The van der Waals surface area contributed by atoms with Crippen LogP contribution in [-0.2, 0) is 12.8 Å². The number of anilines is 2. The van der Waals surface area contributed by atoms with E-state index in [-0.39, 0.29) is 0 Å². The number of hydrogen-bond acceptors (Lipinski definition) is 7. The van der Waals surface area contributed by atoms with Crippen molar-refractivity contribution in [2.75, 3.05) is 36.0 Å². The van der Waals surface area contributed by atoms with E-state index in [0.29, 0.717) is 0 Å². The minimum absolute atomic E-state index is 0.775. The van der Waals surface area contributed by atoms with Crippen LogP contribution < -0.4 is 9.80 Å². The standard InChI is InChI=1S/C20H24N6S/c1-13-4-5-15-16(12-13)27-19-17(15)18(23-14(2)24-19)25-8-10-26(11-9-25)20-21-6-3-7-22-20/h3,6-7,13H,4-5,8-12H2,1-2H3/t13-/m0/s1. The minimum Gasteiger partial charge on any atom is -0.352 e. The second-order valence-corrected chi connectivity index (χ2v) is 8.73. The van der Waals surface area contributed by atoms with Crippen LogP contribution in [0.3, 0.4) is 0 Å². The number of fused-ring (bicyclic) bond motifs is 3. The summed E-state index contributed by atoms with van der Waals surface area (Å²) >= 11 is 1.89. The Morgan fingerprint density at radius 2 is 1.78 bits per heavy atom. The molecule has 6 nitrogen and oxygen atoms in total. The van der Waals surface area contributed by atoms with Crippen molar-refractivity contribution in [3.63, 3.8) is 0 Å². The molecule has 0 radical (unpaired) electrons. The zero-order valence-electron chi connectivity index (χ0n) is 15.9. The van der Waals surface area contributed by atoms with Crippen molar-refractivity contribution in [3.05, 3.63) is 34.7 Å². The molecule has 1 aliphatic carbocycles. The molecule has 5 rings (SSSR count). The summed E-state index contributed by atoms with van der Waals surface area (Å²) in [5, 5.41) is 1.32. The van der Waals surface area contributed by atoms with E-state index in [4.69, 9.17) is 9.97 Å². The van der Waals surface area contributed by atoms with E-state index in [1.54, 1.807) is 0 Å². The smallest absolute Gasteiger partial charge is 0.225 e. The molecule has 1 atom stereocenters. The van der Waals surface area contributed by atoms with Crippen molar-refractivity contribution >= 4 is 33.3 Å². The molecule has 0 unspecified atom stereocenters. The molecular formula is C20H24N6S. The normalized spacial score (nSPS) is 20.1. The highest BCUT2D eigenvalue weighted by Crippen LogP contribution is 2.41. The van der Waals surface area contributed by atoms with E-state index in [0.717, 1.165) is 56.1 Å². The van der Waals surface area contributed by atoms with Crippen molar-refractivity contribution < 1.29 is 0 Å². The SMILES string of the molecule is Cc1nc(N2CCN(c3ncccn3)CC2)c2c3c(sc2n1)C[C@@H](C)CC3. The number of piperazine rings is 1. The summed E-state index contributed by atoms with van der Waals surface area (Å²) < 4.78 is 0. The number of thiophene rings is 1. The summed E-state index contributed by atoms with van der Waals surface area (Å²) in [7, 11) is 0. The lowest BCUT2D eigenvalue weighted by atomic mass is 9.89. The maximum absolute atomic E-state index is 4.89. The first-order valence-corrected chi connectivity index (χ1v) is 10.6. The molecule has 7 heteroatoms. The first-order valence-electron chi connectivity index (χ1n) is 9.75. The van der Waals surface area contributed by atoms with Crippen LogP contribution in [0.4, 0.5) is 11.8 Å². The third-order valence-corrected chi connectivity index (χ3v) is 6.81. The fraction of sp³-hybridized carbons (Fsp3) is 0.500. The molecule has 0 spiro atoms. The van der Waals surface area contributed by atoms with Crippen LogP contribution in [0.5, 0.6) is 0 Å². The lowest BCUT2D eigenvalue weighted by Crippen LogP contribution is -2.47. The average molecular weight is 381 g/mol. The number of nitrogens with zero attached hydrogens (tertiary/aromatic N) is 6. The molecule has 0 N–H and O–H groups in total. The molecule has 0 bridgehead atoms. The second-order valence-electron chi connectivity index (χ2n) is 7.65. The van der Waals surface area contributed by atoms with Crippen molar-refractivity contribution in [3.8, 4) is 0 Å². The Balaban J connectivity index is 1.47. The van der Waals surface area contributed by atoms with Crippen molar-refractivity contribution in [1.29, 1.82) is 0 Å². The van der Waals surface area contributed by atoms with Crippen LogP contribution in [-0.4, -0.2) is 46.1 Å². The third kappa shape index (κ3) is 3.04.